The summed E-state index contributed by atoms with van der Waals surface area (Å²) in [7, 11) is 0. The van der Waals surface area contributed by atoms with Gasteiger partial charge in [-0.05, 0) is 49.5 Å². The standard InChI is InChI=1S/C19H18F4N2/c1-11-7-14(8-12(2)17(11)20)18-15-4-3-13(5-6-19(21,22)23)9-16(15)24-10-25-18/h3-4,7,9-10,14H,5-6,8H2,1-2H3. The first-order valence-corrected chi connectivity index (χ1v) is 8.09. The van der Waals surface area contributed by atoms with Gasteiger partial charge in [-0.2, -0.15) is 13.2 Å². The molecule has 6 heteroatoms. The Morgan fingerprint density at radius 1 is 1.16 bits per heavy atom. The van der Waals surface area contributed by atoms with E-state index in [4.69, 9.17) is 0 Å². The number of aryl methyl sites for hydroxylation is 1. The van der Waals surface area contributed by atoms with Crippen LogP contribution in [0.2, 0.25) is 0 Å². The lowest BCUT2D eigenvalue weighted by molar-refractivity contribution is -0.133. The molecule has 0 amide bonds. The van der Waals surface area contributed by atoms with Crippen LogP contribution in [0, 0.1) is 0 Å². The molecule has 1 aromatic heterocycles. The largest absolute Gasteiger partial charge is 0.389 e. The van der Waals surface area contributed by atoms with Gasteiger partial charge >= 0.3 is 6.18 Å². The molecule has 0 saturated heterocycles. The van der Waals surface area contributed by atoms with Crippen molar-refractivity contribution in [1.82, 2.24) is 9.97 Å². The molecule has 0 saturated carbocycles. The molecule has 1 aliphatic carbocycles. The molecule has 1 aliphatic rings. The highest BCUT2D eigenvalue weighted by atomic mass is 19.4. The predicted octanol–water partition coefficient (Wildman–Crippen LogP) is 5.80. The fourth-order valence-corrected chi connectivity index (χ4v) is 3.23. The quantitative estimate of drug-likeness (QED) is 0.654. The number of aromatic nitrogens is 2. The molecule has 0 radical (unpaired) electrons. The summed E-state index contributed by atoms with van der Waals surface area (Å²) in [6.45, 7) is 3.49. The van der Waals surface area contributed by atoms with Crippen molar-refractivity contribution in [2.24, 2.45) is 0 Å². The second-order valence-electron chi connectivity index (χ2n) is 6.48. The Morgan fingerprint density at radius 3 is 2.60 bits per heavy atom. The van der Waals surface area contributed by atoms with Crippen LogP contribution in [-0.4, -0.2) is 16.1 Å². The van der Waals surface area contributed by atoms with Crippen LogP contribution in [0.3, 0.4) is 0 Å². The summed E-state index contributed by atoms with van der Waals surface area (Å²) >= 11 is 0. The average Bonchev–Trinajstić information content (AvgIpc) is 2.56. The zero-order valence-electron chi connectivity index (χ0n) is 14.0. The minimum absolute atomic E-state index is 0.0639. The molecule has 2 aromatic rings. The number of benzene rings is 1. The molecule has 0 bridgehead atoms. The first-order valence-electron chi connectivity index (χ1n) is 8.09. The van der Waals surface area contributed by atoms with Crippen LogP contribution in [0.1, 0.15) is 43.9 Å². The third-order valence-electron chi connectivity index (χ3n) is 4.48. The molecule has 1 aromatic carbocycles. The molecule has 0 N–H and O–H groups in total. The number of nitrogens with zero attached hydrogens (tertiary/aromatic N) is 2. The van der Waals surface area contributed by atoms with Gasteiger partial charge in [0.05, 0.1) is 11.2 Å². The summed E-state index contributed by atoms with van der Waals surface area (Å²) in [4.78, 5) is 8.55. The topological polar surface area (TPSA) is 25.8 Å². The maximum atomic E-state index is 13.9. The van der Waals surface area contributed by atoms with Crippen LogP contribution in [0.5, 0.6) is 0 Å². The molecule has 1 unspecified atom stereocenters. The van der Waals surface area contributed by atoms with Crippen molar-refractivity contribution in [3.63, 3.8) is 0 Å². The zero-order chi connectivity index (χ0) is 18.2. The highest BCUT2D eigenvalue weighted by Gasteiger charge is 2.26. The molecule has 1 heterocycles. The van der Waals surface area contributed by atoms with Crippen LogP contribution in [0.15, 0.2) is 47.6 Å². The van der Waals surface area contributed by atoms with E-state index in [1.165, 1.54) is 6.33 Å². The average molecular weight is 350 g/mol. The Labute approximate surface area is 143 Å². The van der Waals surface area contributed by atoms with Crippen molar-refractivity contribution in [1.29, 1.82) is 0 Å². The molecular weight excluding hydrogens is 332 g/mol. The predicted molar refractivity (Wildman–Crippen MR) is 88.8 cm³/mol. The van der Waals surface area contributed by atoms with Crippen molar-refractivity contribution < 1.29 is 17.6 Å². The van der Waals surface area contributed by atoms with E-state index in [0.29, 0.717) is 28.6 Å². The summed E-state index contributed by atoms with van der Waals surface area (Å²) < 4.78 is 51.1. The Kier molecular flexibility index (Phi) is 4.62. The van der Waals surface area contributed by atoms with Crippen LogP contribution < -0.4 is 0 Å². The van der Waals surface area contributed by atoms with Crippen molar-refractivity contribution in [3.05, 3.63) is 58.8 Å². The lowest BCUT2D eigenvalue weighted by atomic mass is 9.87. The highest BCUT2D eigenvalue weighted by Crippen LogP contribution is 2.37. The maximum Gasteiger partial charge on any atom is 0.389 e. The number of fused-ring (bicyclic) bond motifs is 1. The summed E-state index contributed by atoms with van der Waals surface area (Å²) in [6, 6.07) is 5.13. The third-order valence-corrected chi connectivity index (χ3v) is 4.48. The van der Waals surface area contributed by atoms with Gasteiger partial charge in [0.2, 0.25) is 0 Å². The lowest BCUT2D eigenvalue weighted by Crippen LogP contribution is -2.09. The van der Waals surface area contributed by atoms with Crippen molar-refractivity contribution in [2.45, 2.75) is 45.2 Å². The Balaban J connectivity index is 1.93. The minimum atomic E-state index is -4.18. The number of allylic oxidation sites excluding steroid dienone is 4. The molecule has 1 atom stereocenters. The van der Waals surface area contributed by atoms with Crippen LogP contribution in [0.25, 0.3) is 10.9 Å². The number of halogens is 4. The third kappa shape index (κ3) is 3.89. The Morgan fingerprint density at radius 2 is 1.92 bits per heavy atom. The van der Waals surface area contributed by atoms with Gasteiger partial charge in [-0.1, -0.05) is 18.2 Å². The number of rotatable bonds is 3. The lowest BCUT2D eigenvalue weighted by Gasteiger charge is -2.21. The van der Waals surface area contributed by atoms with E-state index in [1.807, 2.05) is 6.08 Å². The molecule has 0 aliphatic heterocycles. The first kappa shape index (κ1) is 17.6. The van der Waals surface area contributed by atoms with Crippen molar-refractivity contribution >= 4 is 10.9 Å². The van der Waals surface area contributed by atoms with Crippen LogP contribution >= 0.6 is 0 Å². The molecule has 0 fully saturated rings. The van der Waals surface area contributed by atoms with Gasteiger partial charge in [-0.3, -0.25) is 0 Å². The Bertz CT molecular complexity index is 865. The molecule has 2 nitrogen and oxygen atoms in total. The zero-order valence-corrected chi connectivity index (χ0v) is 14.0. The minimum Gasteiger partial charge on any atom is -0.240 e. The van der Waals surface area contributed by atoms with E-state index in [-0.39, 0.29) is 18.2 Å². The second-order valence-corrected chi connectivity index (χ2v) is 6.48. The van der Waals surface area contributed by atoms with E-state index in [9.17, 15) is 17.6 Å². The van der Waals surface area contributed by atoms with E-state index in [2.05, 4.69) is 9.97 Å². The summed E-state index contributed by atoms with van der Waals surface area (Å²) in [5.41, 5.74) is 3.25. The normalized spacial score (nSPS) is 18.6. The van der Waals surface area contributed by atoms with Crippen LogP contribution in [0.4, 0.5) is 17.6 Å². The van der Waals surface area contributed by atoms with Crippen LogP contribution in [-0.2, 0) is 6.42 Å². The number of hydrogen-bond donors (Lipinski definition) is 0. The monoisotopic (exact) mass is 350 g/mol. The maximum absolute atomic E-state index is 13.9. The van der Waals surface area contributed by atoms with Crippen molar-refractivity contribution in [3.8, 4) is 0 Å². The molecule has 3 rings (SSSR count). The van der Waals surface area contributed by atoms with Gasteiger partial charge in [-0.15, -0.1) is 0 Å². The molecule has 0 spiro atoms. The van der Waals surface area contributed by atoms with Gasteiger partial charge in [0, 0.05) is 17.7 Å². The van der Waals surface area contributed by atoms with Gasteiger partial charge in [0.15, 0.2) is 0 Å². The molecular formula is C19H18F4N2. The van der Waals surface area contributed by atoms with E-state index < -0.39 is 12.6 Å². The van der Waals surface area contributed by atoms with E-state index in [1.54, 1.807) is 32.0 Å². The molecule has 25 heavy (non-hydrogen) atoms. The van der Waals surface area contributed by atoms with Gasteiger partial charge < -0.3 is 0 Å². The van der Waals surface area contributed by atoms with Gasteiger partial charge in [-0.25, -0.2) is 14.4 Å². The van der Waals surface area contributed by atoms with Gasteiger partial charge in [0.1, 0.15) is 12.2 Å². The summed E-state index contributed by atoms with van der Waals surface area (Å²) in [6.07, 6.45) is -1.31. The van der Waals surface area contributed by atoms with Crippen molar-refractivity contribution in [2.75, 3.05) is 0 Å². The number of alkyl halides is 3. The summed E-state index contributed by atoms with van der Waals surface area (Å²) in [5.74, 6) is -0.241. The highest BCUT2D eigenvalue weighted by molar-refractivity contribution is 5.82. The SMILES string of the molecule is CC1=CC(c2ncnc3cc(CCC(F)(F)F)ccc23)CC(C)=C1F. The Hall–Kier alpha value is -2.24. The first-order chi connectivity index (χ1) is 11.7. The van der Waals surface area contributed by atoms with E-state index >= 15 is 0 Å². The fraction of sp³-hybridized carbons (Fsp3) is 0.368. The fourth-order valence-electron chi connectivity index (χ4n) is 3.23. The number of hydrogen-bond acceptors (Lipinski definition) is 2. The smallest absolute Gasteiger partial charge is 0.240 e. The summed E-state index contributed by atoms with van der Waals surface area (Å²) in [5, 5.41) is 0.794. The van der Waals surface area contributed by atoms with Gasteiger partial charge in [0.25, 0.3) is 0 Å². The van der Waals surface area contributed by atoms with E-state index in [0.717, 1.165) is 11.1 Å². The molecule has 132 valence electrons. The second kappa shape index (κ2) is 6.58.